The van der Waals surface area contributed by atoms with Crippen LogP contribution in [0.5, 0.6) is 0 Å². The molecule has 0 aliphatic rings. The molecule has 0 aliphatic carbocycles. The van der Waals surface area contributed by atoms with Gasteiger partial charge in [0.2, 0.25) is 0 Å². The highest BCUT2D eigenvalue weighted by atomic mass is 35.5. The maximum absolute atomic E-state index is 13.6. The Morgan fingerprint density at radius 1 is 1.33 bits per heavy atom. The fourth-order valence-corrected chi connectivity index (χ4v) is 2.87. The minimum absolute atomic E-state index is 0.00682. The van der Waals surface area contributed by atoms with Crippen LogP contribution in [-0.4, -0.2) is 17.0 Å². The molecule has 0 bridgehead atoms. The Hall–Kier alpha value is -1.92. The lowest BCUT2D eigenvalue weighted by atomic mass is 10.2. The van der Waals surface area contributed by atoms with Crippen LogP contribution < -0.4 is 5.32 Å². The van der Waals surface area contributed by atoms with Crippen molar-refractivity contribution in [2.75, 3.05) is 5.32 Å². The molecule has 0 unspecified atom stereocenters. The van der Waals surface area contributed by atoms with Crippen molar-refractivity contribution < 1.29 is 19.1 Å². The lowest BCUT2D eigenvalue weighted by Crippen LogP contribution is -2.14. The number of thiophene rings is 1. The van der Waals surface area contributed by atoms with E-state index in [2.05, 4.69) is 5.32 Å². The van der Waals surface area contributed by atoms with E-state index >= 15 is 0 Å². The molecule has 0 saturated carbocycles. The van der Waals surface area contributed by atoms with Crippen LogP contribution in [0.4, 0.5) is 9.39 Å². The van der Waals surface area contributed by atoms with Crippen LogP contribution in [0.2, 0.25) is 5.02 Å². The Morgan fingerprint density at radius 2 is 2.05 bits per heavy atom. The molecule has 7 heteroatoms. The third kappa shape index (κ3) is 3.40. The summed E-state index contributed by atoms with van der Waals surface area (Å²) in [6.07, 6.45) is 0.645. The van der Waals surface area contributed by atoms with Crippen molar-refractivity contribution in [3.8, 4) is 0 Å². The normalized spacial score (nSPS) is 10.4. The van der Waals surface area contributed by atoms with E-state index in [0.29, 0.717) is 6.42 Å². The van der Waals surface area contributed by atoms with Gasteiger partial charge in [0.05, 0.1) is 11.1 Å². The van der Waals surface area contributed by atoms with Crippen LogP contribution in [-0.2, 0) is 6.42 Å². The molecule has 2 N–H and O–H groups in total. The zero-order chi connectivity index (χ0) is 15.6. The number of anilines is 1. The molecule has 2 rings (SSSR count). The van der Waals surface area contributed by atoms with Gasteiger partial charge in [-0.25, -0.2) is 9.18 Å². The number of carbonyl (C=O) groups excluding carboxylic acids is 1. The van der Waals surface area contributed by atoms with E-state index in [9.17, 15) is 14.0 Å². The first-order chi connectivity index (χ1) is 9.92. The molecular formula is C14H11ClFNO3S. The van der Waals surface area contributed by atoms with Crippen molar-refractivity contribution in [3.63, 3.8) is 0 Å². The monoisotopic (exact) mass is 327 g/mol. The van der Waals surface area contributed by atoms with E-state index in [4.69, 9.17) is 16.7 Å². The highest BCUT2D eigenvalue weighted by Gasteiger charge is 2.19. The van der Waals surface area contributed by atoms with Gasteiger partial charge in [-0.2, -0.15) is 0 Å². The number of amides is 1. The third-order valence-electron chi connectivity index (χ3n) is 2.76. The number of carbonyl (C=O) groups is 2. The van der Waals surface area contributed by atoms with Crippen molar-refractivity contribution in [2.24, 2.45) is 0 Å². The Morgan fingerprint density at radius 3 is 2.67 bits per heavy atom. The molecule has 1 aromatic carbocycles. The number of halogens is 2. The second-order valence-electron chi connectivity index (χ2n) is 4.19. The second-order valence-corrected chi connectivity index (χ2v) is 5.77. The predicted molar refractivity (Wildman–Crippen MR) is 80.0 cm³/mol. The van der Waals surface area contributed by atoms with Crippen LogP contribution in [0.15, 0.2) is 24.3 Å². The molecular weight excluding hydrogens is 317 g/mol. The first-order valence-corrected chi connectivity index (χ1v) is 7.24. The topological polar surface area (TPSA) is 66.4 Å². The number of hydrogen-bond donors (Lipinski definition) is 2. The average molecular weight is 328 g/mol. The van der Waals surface area contributed by atoms with Gasteiger partial charge in [-0.1, -0.05) is 18.5 Å². The number of rotatable bonds is 4. The summed E-state index contributed by atoms with van der Waals surface area (Å²) in [6.45, 7) is 1.87. The highest BCUT2D eigenvalue weighted by molar-refractivity contribution is 7.16. The van der Waals surface area contributed by atoms with E-state index in [-0.39, 0.29) is 21.2 Å². The molecule has 2 aromatic rings. The van der Waals surface area contributed by atoms with Crippen LogP contribution in [0.25, 0.3) is 0 Å². The van der Waals surface area contributed by atoms with Crippen LogP contribution in [0.1, 0.15) is 32.5 Å². The predicted octanol–water partition coefficient (Wildman–Crippen LogP) is 4.05. The number of carboxylic acid groups (broad SMARTS) is 1. The Balaban J connectivity index is 2.33. The third-order valence-corrected chi connectivity index (χ3v) is 4.19. The van der Waals surface area contributed by atoms with Crippen molar-refractivity contribution in [3.05, 3.63) is 51.1 Å². The van der Waals surface area contributed by atoms with Gasteiger partial charge in [-0.15, -0.1) is 11.3 Å². The van der Waals surface area contributed by atoms with E-state index in [1.165, 1.54) is 18.2 Å². The standard InChI is InChI=1S/C14H11ClFNO3S/c1-2-8-6-10(14(19)20)13(21-8)17-12(18)9-5-7(15)3-4-11(9)16/h3-6H,2H2,1H3,(H,17,18)(H,19,20). The Kier molecular flexibility index (Phi) is 4.59. The molecule has 1 amide bonds. The maximum atomic E-state index is 13.6. The molecule has 0 fully saturated rings. The summed E-state index contributed by atoms with van der Waals surface area (Å²) >= 11 is 6.89. The van der Waals surface area contributed by atoms with Gasteiger partial charge in [0.15, 0.2) is 0 Å². The number of nitrogens with one attached hydrogen (secondary N) is 1. The molecule has 1 aromatic heterocycles. The zero-order valence-corrected chi connectivity index (χ0v) is 12.5. The first kappa shape index (κ1) is 15.5. The van der Waals surface area contributed by atoms with Crippen LogP contribution >= 0.6 is 22.9 Å². The summed E-state index contributed by atoms with van der Waals surface area (Å²) in [5.74, 6) is -2.60. The SMILES string of the molecule is CCc1cc(C(=O)O)c(NC(=O)c2cc(Cl)ccc2F)s1. The fraction of sp³-hybridized carbons (Fsp3) is 0.143. The van der Waals surface area contributed by atoms with Crippen molar-refractivity contribution in [1.29, 1.82) is 0 Å². The second kappa shape index (κ2) is 6.24. The molecule has 4 nitrogen and oxygen atoms in total. The highest BCUT2D eigenvalue weighted by Crippen LogP contribution is 2.29. The molecule has 0 saturated heterocycles. The number of benzene rings is 1. The summed E-state index contributed by atoms with van der Waals surface area (Å²) in [6, 6.07) is 5.11. The van der Waals surface area contributed by atoms with Gasteiger partial charge < -0.3 is 10.4 Å². The quantitative estimate of drug-likeness (QED) is 0.890. The lowest BCUT2D eigenvalue weighted by Gasteiger charge is -2.05. The lowest BCUT2D eigenvalue weighted by molar-refractivity contribution is 0.0698. The van der Waals surface area contributed by atoms with E-state index in [1.54, 1.807) is 0 Å². The Labute approximate surface area is 129 Å². The molecule has 0 radical (unpaired) electrons. The summed E-state index contributed by atoms with van der Waals surface area (Å²) in [5.41, 5.74) is -0.238. The van der Waals surface area contributed by atoms with Gasteiger partial charge in [0, 0.05) is 9.90 Å². The molecule has 0 atom stereocenters. The minimum atomic E-state index is -1.15. The number of carboxylic acids is 1. The number of aromatic carboxylic acids is 1. The molecule has 0 aliphatic heterocycles. The van der Waals surface area contributed by atoms with Gasteiger partial charge in [-0.3, -0.25) is 4.79 Å². The summed E-state index contributed by atoms with van der Waals surface area (Å²) in [5, 5.41) is 12.0. The zero-order valence-electron chi connectivity index (χ0n) is 10.9. The van der Waals surface area contributed by atoms with Gasteiger partial charge in [-0.05, 0) is 30.7 Å². The summed E-state index contributed by atoms with van der Waals surface area (Å²) < 4.78 is 13.6. The average Bonchev–Trinajstić information content (AvgIpc) is 2.84. The van der Waals surface area contributed by atoms with Gasteiger partial charge in [0.1, 0.15) is 10.8 Å². The molecule has 1 heterocycles. The molecule has 110 valence electrons. The van der Waals surface area contributed by atoms with E-state index in [0.717, 1.165) is 22.3 Å². The van der Waals surface area contributed by atoms with E-state index in [1.807, 2.05) is 6.92 Å². The molecule has 21 heavy (non-hydrogen) atoms. The minimum Gasteiger partial charge on any atom is -0.478 e. The van der Waals surface area contributed by atoms with Crippen molar-refractivity contribution in [2.45, 2.75) is 13.3 Å². The van der Waals surface area contributed by atoms with Crippen molar-refractivity contribution in [1.82, 2.24) is 0 Å². The number of hydrogen-bond acceptors (Lipinski definition) is 3. The van der Waals surface area contributed by atoms with Crippen molar-refractivity contribution >= 4 is 39.8 Å². The Bertz CT molecular complexity index is 714. The fourth-order valence-electron chi connectivity index (χ4n) is 1.71. The summed E-state index contributed by atoms with van der Waals surface area (Å²) in [4.78, 5) is 24.0. The largest absolute Gasteiger partial charge is 0.478 e. The van der Waals surface area contributed by atoms with Crippen LogP contribution in [0, 0.1) is 5.82 Å². The molecule has 0 spiro atoms. The van der Waals surface area contributed by atoms with E-state index < -0.39 is 17.7 Å². The smallest absolute Gasteiger partial charge is 0.338 e. The first-order valence-electron chi connectivity index (χ1n) is 6.04. The number of aryl methyl sites for hydroxylation is 1. The summed E-state index contributed by atoms with van der Waals surface area (Å²) in [7, 11) is 0. The maximum Gasteiger partial charge on any atom is 0.338 e. The van der Waals surface area contributed by atoms with Crippen LogP contribution in [0.3, 0.4) is 0 Å². The van der Waals surface area contributed by atoms with Gasteiger partial charge in [0.25, 0.3) is 5.91 Å². The van der Waals surface area contributed by atoms with Gasteiger partial charge >= 0.3 is 5.97 Å².